The fraction of sp³-hybridized carbons (Fsp3) is 0.889. The van der Waals surface area contributed by atoms with Gasteiger partial charge in [0.25, 0.3) is 0 Å². The highest BCUT2D eigenvalue weighted by Gasteiger charge is 1.99. The summed E-state index contributed by atoms with van der Waals surface area (Å²) in [5, 5.41) is 6.10. The molecule has 0 rings (SSSR count). The Hall–Kier alpha value is -0.220. The molecule has 1 atom stereocenters. The third kappa shape index (κ3) is 9.70. The van der Waals surface area contributed by atoms with Crippen LogP contribution in [0.1, 0.15) is 20.3 Å². The van der Waals surface area contributed by atoms with E-state index in [0.29, 0.717) is 6.04 Å². The number of amides is 1. The van der Waals surface area contributed by atoms with Crippen molar-refractivity contribution in [3.8, 4) is 0 Å². The first-order valence-corrected chi connectivity index (χ1v) is 6.03. The van der Waals surface area contributed by atoms with Crippen LogP contribution in [0.3, 0.4) is 0 Å². The number of carbonyl (C=O) groups excluding carboxylic acids is 1. The molecule has 0 saturated heterocycles. The molecule has 1 unspecified atom stereocenters. The molecule has 3 nitrogen and oxygen atoms in total. The van der Waals surface area contributed by atoms with E-state index in [-0.39, 0.29) is 5.91 Å². The van der Waals surface area contributed by atoms with Gasteiger partial charge in [0.1, 0.15) is 0 Å². The fourth-order valence-corrected chi connectivity index (χ4v) is 1.54. The van der Waals surface area contributed by atoms with Crippen LogP contribution in [0, 0.1) is 0 Å². The predicted octanol–water partition coefficient (Wildman–Crippen LogP) is 0.854. The Labute approximate surface area is 85.0 Å². The zero-order valence-electron chi connectivity index (χ0n) is 8.72. The average Bonchev–Trinajstić information content (AvgIpc) is 2.08. The topological polar surface area (TPSA) is 41.1 Å². The second-order valence-electron chi connectivity index (χ2n) is 3.12. The van der Waals surface area contributed by atoms with Crippen molar-refractivity contribution in [1.82, 2.24) is 10.6 Å². The largest absolute Gasteiger partial charge is 0.355 e. The second kappa shape index (κ2) is 8.38. The van der Waals surface area contributed by atoms with Gasteiger partial charge in [-0.1, -0.05) is 0 Å². The molecule has 13 heavy (non-hydrogen) atoms. The van der Waals surface area contributed by atoms with Gasteiger partial charge in [0.15, 0.2) is 0 Å². The van der Waals surface area contributed by atoms with E-state index in [4.69, 9.17) is 0 Å². The van der Waals surface area contributed by atoms with Crippen LogP contribution >= 0.6 is 11.8 Å². The summed E-state index contributed by atoms with van der Waals surface area (Å²) in [5.41, 5.74) is 0. The third-order valence-corrected chi connectivity index (χ3v) is 2.39. The maximum Gasteiger partial charge on any atom is 0.216 e. The average molecular weight is 204 g/mol. The SMILES string of the molecule is CSCCC(C)NCCNC(C)=O. The van der Waals surface area contributed by atoms with Crippen molar-refractivity contribution in [2.45, 2.75) is 26.3 Å². The Kier molecular flexibility index (Phi) is 8.24. The van der Waals surface area contributed by atoms with Gasteiger partial charge in [0, 0.05) is 26.1 Å². The minimum Gasteiger partial charge on any atom is -0.355 e. The summed E-state index contributed by atoms with van der Waals surface area (Å²) >= 11 is 1.86. The van der Waals surface area contributed by atoms with E-state index in [1.54, 1.807) is 0 Å². The normalized spacial score (nSPS) is 12.5. The Morgan fingerprint density at radius 3 is 2.69 bits per heavy atom. The van der Waals surface area contributed by atoms with Gasteiger partial charge < -0.3 is 10.6 Å². The van der Waals surface area contributed by atoms with Crippen molar-refractivity contribution in [2.75, 3.05) is 25.1 Å². The molecular weight excluding hydrogens is 184 g/mol. The highest BCUT2D eigenvalue weighted by atomic mass is 32.2. The number of rotatable bonds is 7. The summed E-state index contributed by atoms with van der Waals surface area (Å²) in [6.07, 6.45) is 3.30. The molecule has 0 spiro atoms. The third-order valence-electron chi connectivity index (χ3n) is 1.75. The van der Waals surface area contributed by atoms with E-state index >= 15 is 0 Å². The Bertz CT molecular complexity index is 142. The van der Waals surface area contributed by atoms with Gasteiger partial charge in [-0.25, -0.2) is 0 Å². The van der Waals surface area contributed by atoms with Crippen LogP contribution < -0.4 is 10.6 Å². The lowest BCUT2D eigenvalue weighted by atomic mass is 10.2. The molecule has 78 valence electrons. The van der Waals surface area contributed by atoms with Crippen LogP contribution in [-0.4, -0.2) is 37.0 Å². The quantitative estimate of drug-likeness (QED) is 0.604. The zero-order valence-corrected chi connectivity index (χ0v) is 9.54. The molecule has 0 radical (unpaired) electrons. The van der Waals surface area contributed by atoms with Crippen molar-refractivity contribution < 1.29 is 4.79 Å². The number of carbonyl (C=O) groups is 1. The molecule has 0 aromatic rings. The van der Waals surface area contributed by atoms with Gasteiger partial charge >= 0.3 is 0 Å². The van der Waals surface area contributed by atoms with Crippen LogP contribution in [0.25, 0.3) is 0 Å². The van der Waals surface area contributed by atoms with Gasteiger partial charge in [0.05, 0.1) is 0 Å². The van der Waals surface area contributed by atoms with Gasteiger partial charge in [-0.05, 0) is 25.4 Å². The Morgan fingerprint density at radius 2 is 2.15 bits per heavy atom. The maximum absolute atomic E-state index is 10.5. The van der Waals surface area contributed by atoms with E-state index in [9.17, 15) is 4.79 Å². The molecule has 0 aromatic carbocycles. The van der Waals surface area contributed by atoms with Crippen molar-refractivity contribution >= 4 is 17.7 Å². The lowest BCUT2D eigenvalue weighted by Gasteiger charge is -2.12. The first kappa shape index (κ1) is 12.8. The molecule has 0 saturated carbocycles. The predicted molar refractivity (Wildman–Crippen MR) is 59.1 cm³/mol. The summed E-state index contributed by atoms with van der Waals surface area (Å²) in [5.74, 6) is 1.23. The molecule has 0 aliphatic rings. The molecule has 0 fully saturated rings. The summed E-state index contributed by atoms with van der Waals surface area (Å²) in [4.78, 5) is 10.5. The summed E-state index contributed by atoms with van der Waals surface area (Å²) < 4.78 is 0. The highest BCUT2D eigenvalue weighted by molar-refractivity contribution is 7.98. The van der Waals surface area contributed by atoms with E-state index < -0.39 is 0 Å². The van der Waals surface area contributed by atoms with Gasteiger partial charge in [-0.2, -0.15) is 11.8 Å². The lowest BCUT2D eigenvalue weighted by molar-refractivity contribution is -0.118. The molecule has 2 N–H and O–H groups in total. The van der Waals surface area contributed by atoms with E-state index in [1.165, 1.54) is 19.1 Å². The van der Waals surface area contributed by atoms with Crippen molar-refractivity contribution in [1.29, 1.82) is 0 Å². The monoisotopic (exact) mass is 204 g/mol. The van der Waals surface area contributed by atoms with Crippen LogP contribution in [0.2, 0.25) is 0 Å². The van der Waals surface area contributed by atoms with Crippen LogP contribution in [0.15, 0.2) is 0 Å². The van der Waals surface area contributed by atoms with Gasteiger partial charge in [-0.15, -0.1) is 0 Å². The minimum atomic E-state index is 0.0403. The van der Waals surface area contributed by atoms with Crippen molar-refractivity contribution in [3.63, 3.8) is 0 Å². The molecule has 0 aliphatic heterocycles. The zero-order chi connectivity index (χ0) is 10.1. The Balaban J connectivity index is 3.16. The van der Waals surface area contributed by atoms with E-state index in [1.807, 2.05) is 11.8 Å². The molecule has 0 heterocycles. The summed E-state index contributed by atoms with van der Waals surface area (Å²) in [6, 6.07) is 0.543. The van der Waals surface area contributed by atoms with Crippen LogP contribution in [0.5, 0.6) is 0 Å². The van der Waals surface area contributed by atoms with Crippen LogP contribution in [0.4, 0.5) is 0 Å². The number of hydrogen-bond acceptors (Lipinski definition) is 3. The number of nitrogens with one attached hydrogen (secondary N) is 2. The Morgan fingerprint density at radius 1 is 1.46 bits per heavy atom. The van der Waals surface area contributed by atoms with E-state index in [0.717, 1.165) is 13.1 Å². The van der Waals surface area contributed by atoms with Crippen molar-refractivity contribution in [3.05, 3.63) is 0 Å². The summed E-state index contributed by atoms with van der Waals surface area (Å²) in [6.45, 7) is 5.29. The molecule has 4 heteroatoms. The van der Waals surface area contributed by atoms with Crippen molar-refractivity contribution in [2.24, 2.45) is 0 Å². The number of thioether (sulfide) groups is 1. The molecule has 0 aliphatic carbocycles. The highest BCUT2D eigenvalue weighted by Crippen LogP contribution is 1.98. The first-order valence-electron chi connectivity index (χ1n) is 4.63. The minimum absolute atomic E-state index is 0.0403. The van der Waals surface area contributed by atoms with Gasteiger partial charge in [0.2, 0.25) is 5.91 Å². The van der Waals surface area contributed by atoms with Crippen LogP contribution in [-0.2, 0) is 4.79 Å². The fourth-order valence-electron chi connectivity index (χ4n) is 0.954. The second-order valence-corrected chi connectivity index (χ2v) is 4.11. The summed E-state index contributed by atoms with van der Waals surface area (Å²) in [7, 11) is 0. The molecule has 0 bridgehead atoms. The van der Waals surface area contributed by atoms with E-state index in [2.05, 4.69) is 23.8 Å². The maximum atomic E-state index is 10.5. The lowest BCUT2D eigenvalue weighted by Crippen LogP contribution is -2.35. The number of hydrogen-bond donors (Lipinski definition) is 2. The molecule has 1 amide bonds. The molecular formula is C9H20N2OS. The van der Waals surface area contributed by atoms with Gasteiger partial charge in [-0.3, -0.25) is 4.79 Å². The smallest absolute Gasteiger partial charge is 0.216 e. The molecule has 0 aromatic heterocycles. The first-order chi connectivity index (χ1) is 6.16. The standard InChI is InChI=1S/C9H20N2OS/c1-8(4-7-13-3)10-5-6-11-9(2)12/h8,10H,4-7H2,1-3H3,(H,11,12).